The fraction of sp³-hybridized carbons (Fsp3) is 1.00. The molecular formula is C13H28S3. The van der Waals surface area contributed by atoms with Crippen LogP contribution in [0.2, 0.25) is 0 Å². The van der Waals surface area contributed by atoms with Gasteiger partial charge in [-0.1, -0.05) is 71.1 Å². The second kappa shape index (κ2) is 11.2. The highest BCUT2D eigenvalue weighted by molar-refractivity contribution is 8.16. The van der Waals surface area contributed by atoms with Gasteiger partial charge in [-0.15, -0.1) is 0 Å². The molecule has 0 atom stereocenters. The zero-order valence-corrected chi connectivity index (χ0v) is 13.3. The third kappa shape index (κ3) is 15.0. The van der Waals surface area contributed by atoms with E-state index in [0.717, 1.165) is 6.42 Å². The SMILES string of the molecule is CCCCCCCCCCCCC(S)(S)S. The molecule has 0 unspecified atom stereocenters. The minimum Gasteiger partial charge on any atom is -0.151 e. The lowest BCUT2D eigenvalue weighted by molar-refractivity contribution is 0.552. The van der Waals surface area contributed by atoms with Crippen molar-refractivity contribution < 1.29 is 0 Å². The summed E-state index contributed by atoms with van der Waals surface area (Å²) in [7, 11) is 0. The number of hydrogen-bond acceptors (Lipinski definition) is 3. The lowest BCUT2D eigenvalue weighted by Crippen LogP contribution is -2.01. The minimum absolute atomic E-state index is 0.375. The molecule has 0 bridgehead atoms. The van der Waals surface area contributed by atoms with Crippen molar-refractivity contribution in [1.29, 1.82) is 0 Å². The lowest BCUT2D eigenvalue weighted by atomic mass is 10.1. The van der Waals surface area contributed by atoms with E-state index in [1.807, 2.05) is 0 Å². The van der Waals surface area contributed by atoms with Crippen LogP contribution in [0.5, 0.6) is 0 Å². The zero-order chi connectivity index (χ0) is 12.3. The van der Waals surface area contributed by atoms with E-state index >= 15 is 0 Å². The number of hydrogen-bond donors (Lipinski definition) is 3. The van der Waals surface area contributed by atoms with Gasteiger partial charge in [0.2, 0.25) is 0 Å². The van der Waals surface area contributed by atoms with Crippen molar-refractivity contribution in [2.45, 2.75) is 81.0 Å². The van der Waals surface area contributed by atoms with Crippen LogP contribution in [0.3, 0.4) is 0 Å². The third-order valence-corrected chi connectivity index (χ3v) is 3.54. The van der Waals surface area contributed by atoms with E-state index in [-0.39, 0.29) is 3.41 Å². The molecule has 0 aromatic rings. The van der Waals surface area contributed by atoms with Crippen LogP contribution in [0, 0.1) is 0 Å². The maximum atomic E-state index is 4.27. The Kier molecular flexibility index (Phi) is 11.9. The first-order chi connectivity index (χ1) is 7.56. The summed E-state index contributed by atoms with van der Waals surface area (Å²) in [5, 5.41) is 0. The fourth-order valence-electron chi connectivity index (χ4n) is 1.85. The van der Waals surface area contributed by atoms with Gasteiger partial charge in [0, 0.05) is 0 Å². The van der Waals surface area contributed by atoms with Gasteiger partial charge in [0.1, 0.15) is 0 Å². The quantitative estimate of drug-likeness (QED) is 0.240. The van der Waals surface area contributed by atoms with Crippen molar-refractivity contribution in [2.75, 3.05) is 0 Å². The first-order valence-corrected chi connectivity index (χ1v) is 8.07. The van der Waals surface area contributed by atoms with Gasteiger partial charge in [-0.05, 0) is 6.42 Å². The molecule has 0 nitrogen and oxygen atoms in total. The Balaban J connectivity index is 2.99. The van der Waals surface area contributed by atoms with E-state index in [0.29, 0.717) is 0 Å². The van der Waals surface area contributed by atoms with Gasteiger partial charge in [-0.25, -0.2) is 0 Å². The second-order valence-electron chi connectivity index (χ2n) is 4.71. The Bertz CT molecular complexity index is 141. The maximum Gasteiger partial charge on any atom is 0.0980 e. The molecule has 0 fully saturated rings. The predicted octanol–water partition coefficient (Wildman–Crippen LogP) is 5.74. The summed E-state index contributed by atoms with van der Waals surface area (Å²) < 4.78 is -0.375. The van der Waals surface area contributed by atoms with E-state index in [9.17, 15) is 0 Å². The molecule has 0 aromatic heterocycles. The van der Waals surface area contributed by atoms with Gasteiger partial charge in [0.25, 0.3) is 0 Å². The summed E-state index contributed by atoms with van der Waals surface area (Å²) in [6, 6.07) is 0. The fourth-order valence-corrected chi connectivity index (χ4v) is 2.32. The molecular weight excluding hydrogens is 252 g/mol. The van der Waals surface area contributed by atoms with E-state index in [2.05, 4.69) is 44.8 Å². The van der Waals surface area contributed by atoms with Crippen molar-refractivity contribution in [3.05, 3.63) is 0 Å². The lowest BCUT2D eigenvalue weighted by Gasteiger charge is -2.14. The Morgan fingerprint density at radius 2 is 1.00 bits per heavy atom. The molecule has 0 N–H and O–H groups in total. The van der Waals surface area contributed by atoms with E-state index < -0.39 is 0 Å². The average molecular weight is 281 g/mol. The highest BCUT2D eigenvalue weighted by Gasteiger charge is 2.11. The van der Waals surface area contributed by atoms with Crippen LogP contribution >= 0.6 is 37.9 Å². The summed E-state index contributed by atoms with van der Waals surface area (Å²) in [5.41, 5.74) is 0. The average Bonchev–Trinajstić information content (AvgIpc) is 2.19. The molecule has 0 aliphatic rings. The van der Waals surface area contributed by atoms with E-state index in [1.165, 1.54) is 64.2 Å². The molecule has 0 aliphatic heterocycles. The largest absolute Gasteiger partial charge is 0.151 e. The van der Waals surface area contributed by atoms with Crippen LogP contribution in [0.1, 0.15) is 77.6 Å². The van der Waals surface area contributed by atoms with E-state index in [1.54, 1.807) is 0 Å². The smallest absolute Gasteiger partial charge is 0.0980 e. The minimum atomic E-state index is -0.375. The number of rotatable bonds is 11. The summed E-state index contributed by atoms with van der Waals surface area (Å²) >= 11 is 12.8. The first-order valence-electron chi connectivity index (χ1n) is 6.73. The summed E-state index contributed by atoms with van der Waals surface area (Å²) in [6.07, 6.45) is 14.7. The van der Waals surface area contributed by atoms with E-state index in [4.69, 9.17) is 0 Å². The predicted molar refractivity (Wildman–Crippen MR) is 86.2 cm³/mol. The monoisotopic (exact) mass is 280 g/mol. The highest BCUT2D eigenvalue weighted by atomic mass is 32.2. The topological polar surface area (TPSA) is 0 Å². The Hall–Kier alpha value is 1.05. The van der Waals surface area contributed by atoms with Crippen LogP contribution < -0.4 is 0 Å². The molecule has 0 saturated heterocycles. The van der Waals surface area contributed by atoms with Crippen LogP contribution in [0.15, 0.2) is 0 Å². The molecule has 0 saturated carbocycles. The first kappa shape index (κ1) is 17.1. The van der Waals surface area contributed by atoms with Crippen molar-refractivity contribution in [2.24, 2.45) is 0 Å². The van der Waals surface area contributed by atoms with Crippen molar-refractivity contribution in [3.63, 3.8) is 0 Å². The molecule has 0 aliphatic carbocycles. The van der Waals surface area contributed by atoms with Crippen molar-refractivity contribution in [3.8, 4) is 0 Å². The summed E-state index contributed by atoms with van der Waals surface area (Å²) in [6.45, 7) is 2.27. The normalized spacial score (nSPS) is 12.0. The Labute approximate surface area is 119 Å². The van der Waals surface area contributed by atoms with Crippen LogP contribution in [0.25, 0.3) is 0 Å². The van der Waals surface area contributed by atoms with Gasteiger partial charge < -0.3 is 0 Å². The molecule has 98 valence electrons. The van der Waals surface area contributed by atoms with Crippen LogP contribution in [0.4, 0.5) is 0 Å². The van der Waals surface area contributed by atoms with Crippen LogP contribution in [-0.4, -0.2) is 3.41 Å². The second-order valence-corrected chi connectivity index (χ2v) is 8.06. The van der Waals surface area contributed by atoms with Crippen molar-refractivity contribution >= 4 is 37.9 Å². The molecule has 3 heteroatoms. The highest BCUT2D eigenvalue weighted by Crippen LogP contribution is 2.30. The standard InChI is InChI=1S/C13H28S3/c1-2-3-4-5-6-7-8-9-10-11-12-13(14,15)16/h14-16H,2-12H2,1H3. The van der Waals surface area contributed by atoms with Crippen LogP contribution in [-0.2, 0) is 0 Å². The molecule has 0 spiro atoms. The third-order valence-electron chi connectivity index (χ3n) is 2.87. The maximum absolute atomic E-state index is 4.27. The Morgan fingerprint density at radius 3 is 1.38 bits per heavy atom. The van der Waals surface area contributed by atoms with Gasteiger partial charge in [-0.3, -0.25) is 0 Å². The molecule has 0 amide bonds. The van der Waals surface area contributed by atoms with Gasteiger partial charge in [-0.2, -0.15) is 37.9 Å². The molecule has 16 heavy (non-hydrogen) atoms. The van der Waals surface area contributed by atoms with Crippen molar-refractivity contribution in [1.82, 2.24) is 0 Å². The summed E-state index contributed by atoms with van der Waals surface area (Å²) in [5.74, 6) is 0. The summed E-state index contributed by atoms with van der Waals surface area (Å²) in [4.78, 5) is 0. The van der Waals surface area contributed by atoms with Gasteiger partial charge >= 0.3 is 0 Å². The molecule has 0 rings (SSSR count). The van der Waals surface area contributed by atoms with Gasteiger partial charge in [0.05, 0.1) is 3.41 Å². The molecule has 0 heterocycles. The Morgan fingerprint density at radius 1 is 0.625 bits per heavy atom. The molecule has 0 aromatic carbocycles. The van der Waals surface area contributed by atoms with Gasteiger partial charge in [0.15, 0.2) is 0 Å². The zero-order valence-electron chi connectivity index (χ0n) is 10.6. The molecule has 0 radical (unpaired) electrons. The number of thiol groups is 3. The number of unbranched alkanes of at least 4 members (excludes halogenated alkanes) is 9.